The minimum absolute atomic E-state index is 0.000796. The number of phenolic OH excluding ortho intramolecular Hbond substituents is 1. The van der Waals surface area contributed by atoms with Crippen LogP contribution in [0.1, 0.15) is 15.9 Å². The van der Waals surface area contributed by atoms with Crippen LogP contribution in [0.15, 0.2) is 52.0 Å². The molecule has 2 N–H and O–H groups in total. The molecule has 0 heterocycles. The number of hydrogen-bond acceptors (Lipinski definition) is 3. The Labute approximate surface area is 129 Å². The molecule has 4 nitrogen and oxygen atoms in total. The third-order valence-electron chi connectivity index (χ3n) is 2.47. The van der Waals surface area contributed by atoms with Gasteiger partial charge in [0.2, 0.25) is 0 Å². The number of aromatic hydroxyl groups is 1. The largest absolute Gasteiger partial charge is 0.507 e. The van der Waals surface area contributed by atoms with Crippen molar-refractivity contribution in [2.75, 3.05) is 0 Å². The molecule has 0 radical (unpaired) electrons. The number of halogens is 2. The van der Waals surface area contributed by atoms with Gasteiger partial charge in [0, 0.05) is 20.6 Å². The van der Waals surface area contributed by atoms with Crippen LogP contribution in [0.5, 0.6) is 5.75 Å². The Bertz CT molecular complexity index is 657. The van der Waals surface area contributed by atoms with Gasteiger partial charge in [-0.25, -0.2) is 5.43 Å². The first kappa shape index (κ1) is 14.6. The molecule has 0 saturated heterocycles. The minimum atomic E-state index is -0.331. The number of nitrogens with one attached hydrogen (secondary N) is 1. The first-order valence-electron chi connectivity index (χ1n) is 5.64. The molecule has 0 aromatic heterocycles. The van der Waals surface area contributed by atoms with Gasteiger partial charge in [-0.1, -0.05) is 27.5 Å². The van der Waals surface area contributed by atoms with Crippen LogP contribution in [-0.4, -0.2) is 17.2 Å². The van der Waals surface area contributed by atoms with Gasteiger partial charge in [-0.3, -0.25) is 4.79 Å². The maximum atomic E-state index is 11.8. The summed E-state index contributed by atoms with van der Waals surface area (Å²) in [6.07, 6.45) is 1.35. The summed E-state index contributed by atoms with van der Waals surface area (Å²) in [5.74, 6) is -0.332. The predicted molar refractivity (Wildman–Crippen MR) is 82.3 cm³/mol. The number of hydrogen-bond donors (Lipinski definition) is 2. The van der Waals surface area contributed by atoms with E-state index in [1.807, 2.05) is 0 Å². The van der Waals surface area contributed by atoms with E-state index in [4.69, 9.17) is 11.6 Å². The Morgan fingerprint density at radius 1 is 1.25 bits per heavy atom. The van der Waals surface area contributed by atoms with Crippen molar-refractivity contribution < 1.29 is 9.90 Å². The quantitative estimate of drug-likeness (QED) is 0.654. The first-order valence-corrected chi connectivity index (χ1v) is 6.81. The summed E-state index contributed by atoms with van der Waals surface area (Å²) < 4.78 is 0.892. The SMILES string of the molecule is O=C(N/N=C/c1ccc(Cl)cc1O)c1ccc(Br)cc1. The van der Waals surface area contributed by atoms with E-state index >= 15 is 0 Å². The van der Waals surface area contributed by atoms with Gasteiger partial charge in [0.05, 0.1) is 6.21 Å². The first-order chi connectivity index (χ1) is 9.56. The number of rotatable bonds is 3. The topological polar surface area (TPSA) is 61.7 Å². The molecule has 0 saturated carbocycles. The summed E-state index contributed by atoms with van der Waals surface area (Å²) >= 11 is 9.01. The number of phenols is 1. The van der Waals surface area contributed by atoms with Gasteiger partial charge >= 0.3 is 0 Å². The van der Waals surface area contributed by atoms with E-state index in [1.54, 1.807) is 36.4 Å². The second-order valence-electron chi connectivity index (χ2n) is 3.91. The normalized spacial score (nSPS) is 10.7. The zero-order chi connectivity index (χ0) is 14.5. The molecule has 0 fully saturated rings. The molecule has 0 atom stereocenters. The molecule has 0 unspecified atom stereocenters. The molecule has 0 aliphatic rings. The maximum absolute atomic E-state index is 11.8. The fourth-order valence-corrected chi connectivity index (χ4v) is 1.88. The van der Waals surface area contributed by atoms with E-state index in [0.717, 1.165) is 4.47 Å². The van der Waals surface area contributed by atoms with Crippen molar-refractivity contribution >= 4 is 39.7 Å². The fraction of sp³-hybridized carbons (Fsp3) is 0. The number of amides is 1. The number of benzene rings is 2. The van der Waals surface area contributed by atoms with Crippen LogP contribution in [0.4, 0.5) is 0 Å². The lowest BCUT2D eigenvalue weighted by Gasteiger charge is -2.01. The molecule has 1 amide bonds. The van der Waals surface area contributed by atoms with E-state index in [1.165, 1.54) is 12.3 Å². The van der Waals surface area contributed by atoms with Crippen LogP contribution in [0.2, 0.25) is 5.02 Å². The molecule has 0 bridgehead atoms. The van der Waals surface area contributed by atoms with E-state index in [9.17, 15) is 9.90 Å². The van der Waals surface area contributed by atoms with Crippen molar-refractivity contribution in [2.24, 2.45) is 5.10 Å². The van der Waals surface area contributed by atoms with Gasteiger partial charge in [0.1, 0.15) is 5.75 Å². The van der Waals surface area contributed by atoms with Crippen LogP contribution in [0.3, 0.4) is 0 Å². The van der Waals surface area contributed by atoms with Crippen molar-refractivity contribution in [3.05, 3.63) is 63.1 Å². The zero-order valence-electron chi connectivity index (χ0n) is 10.2. The standard InChI is InChI=1S/C14H10BrClN2O2/c15-11-4-1-9(2-5-11)14(20)18-17-8-10-3-6-12(16)7-13(10)19/h1-8,19H,(H,18,20)/b17-8+. The maximum Gasteiger partial charge on any atom is 0.271 e. The summed E-state index contributed by atoms with van der Waals surface area (Å²) in [6.45, 7) is 0. The van der Waals surface area contributed by atoms with Gasteiger partial charge in [0.25, 0.3) is 5.91 Å². The summed E-state index contributed by atoms with van der Waals surface area (Å²) in [7, 11) is 0. The Kier molecular flexibility index (Phi) is 4.76. The predicted octanol–water partition coefficient (Wildman–Crippen LogP) is 3.57. The lowest BCUT2D eigenvalue weighted by molar-refractivity contribution is 0.0955. The van der Waals surface area contributed by atoms with Crippen LogP contribution >= 0.6 is 27.5 Å². The average Bonchev–Trinajstić information content (AvgIpc) is 2.42. The van der Waals surface area contributed by atoms with Gasteiger partial charge in [-0.05, 0) is 42.5 Å². The summed E-state index contributed by atoms with van der Waals surface area (Å²) in [6, 6.07) is 11.5. The van der Waals surface area contributed by atoms with Crippen LogP contribution in [0, 0.1) is 0 Å². The molecule has 0 aliphatic carbocycles. The molecule has 20 heavy (non-hydrogen) atoms. The third-order valence-corrected chi connectivity index (χ3v) is 3.23. The molecule has 2 aromatic carbocycles. The second kappa shape index (κ2) is 6.54. The van der Waals surface area contributed by atoms with Gasteiger partial charge in [-0.2, -0.15) is 5.10 Å². The van der Waals surface area contributed by atoms with E-state index in [0.29, 0.717) is 16.1 Å². The summed E-state index contributed by atoms with van der Waals surface area (Å²) in [5, 5.41) is 13.8. The molecule has 0 spiro atoms. The lowest BCUT2D eigenvalue weighted by Crippen LogP contribution is -2.17. The molecule has 6 heteroatoms. The molecule has 0 aliphatic heterocycles. The highest BCUT2D eigenvalue weighted by Gasteiger charge is 2.03. The van der Waals surface area contributed by atoms with Gasteiger partial charge in [-0.15, -0.1) is 0 Å². The molecular formula is C14H10BrClN2O2. The lowest BCUT2D eigenvalue weighted by atomic mass is 10.2. The molecule has 2 aromatic rings. The Hall–Kier alpha value is -1.85. The third kappa shape index (κ3) is 3.82. The molecule has 102 valence electrons. The Morgan fingerprint density at radius 2 is 1.95 bits per heavy atom. The second-order valence-corrected chi connectivity index (χ2v) is 5.26. The van der Waals surface area contributed by atoms with Crippen molar-refractivity contribution in [1.29, 1.82) is 0 Å². The van der Waals surface area contributed by atoms with Gasteiger partial charge < -0.3 is 5.11 Å². The Morgan fingerprint density at radius 3 is 2.60 bits per heavy atom. The number of carbonyl (C=O) groups excluding carboxylic acids is 1. The van der Waals surface area contributed by atoms with Gasteiger partial charge in [0.15, 0.2) is 0 Å². The zero-order valence-corrected chi connectivity index (χ0v) is 12.5. The monoisotopic (exact) mass is 352 g/mol. The fourth-order valence-electron chi connectivity index (χ4n) is 1.45. The highest BCUT2D eigenvalue weighted by atomic mass is 79.9. The summed E-state index contributed by atoms with van der Waals surface area (Å²) in [4.78, 5) is 11.8. The van der Waals surface area contributed by atoms with E-state index in [2.05, 4.69) is 26.5 Å². The van der Waals surface area contributed by atoms with Crippen molar-refractivity contribution in [3.8, 4) is 5.75 Å². The minimum Gasteiger partial charge on any atom is -0.507 e. The van der Waals surface area contributed by atoms with Crippen molar-refractivity contribution in [3.63, 3.8) is 0 Å². The van der Waals surface area contributed by atoms with Crippen LogP contribution < -0.4 is 5.43 Å². The van der Waals surface area contributed by atoms with Crippen molar-refractivity contribution in [1.82, 2.24) is 5.43 Å². The highest BCUT2D eigenvalue weighted by Crippen LogP contribution is 2.20. The van der Waals surface area contributed by atoms with Crippen molar-refractivity contribution in [2.45, 2.75) is 0 Å². The molecular weight excluding hydrogens is 344 g/mol. The Balaban J connectivity index is 2.02. The van der Waals surface area contributed by atoms with Crippen LogP contribution in [0.25, 0.3) is 0 Å². The smallest absolute Gasteiger partial charge is 0.271 e. The number of carbonyl (C=O) groups is 1. The van der Waals surface area contributed by atoms with E-state index < -0.39 is 0 Å². The average molecular weight is 354 g/mol. The van der Waals surface area contributed by atoms with E-state index in [-0.39, 0.29) is 11.7 Å². The summed E-state index contributed by atoms with van der Waals surface area (Å²) in [5.41, 5.74) is 3.33. The molecule has 2 rings (SSSR count). The highest BCUT2D eigenvalue weighted by molar-refractivity contribution is 9.10. The number of hydrazone groups is 1. The number of nitrogens with zero attached hydrogens (tertiary/aromatic N) is 1. The van der Waals surface area contributed by atoms with Crippen LogP contribution in [-0.2, 0) is 0 Å².